The van der Waals surface area contributed by atoms with Gasteiger partial charge in [0.1, 0.15) is 5.75 Å². The van der Waals surface area contributed by atoms with Gasteiger partial charge in [-0.2, -0.15) is 4.39 Å². The Labute approximate surface area is 119 Å². The maximum atomic E-state index is 13.8. The zero-order valence-corrected chi connectivity index (χ0v) is 11.0. The van der Waals surface area contributed by atoms with Gasteiger partial charge in [-0.1, -0.05) is 12.1 Å². The number of rotatable bonds is 4. The van der Waals surface area contributed by atoms with Crippen LogP contribution in [0, 0.1) is 21.7 Å². The van der Waals surface area contributed by atoms with Gasteiger partial charge < -0.3 is 10.5 Å². The number of nitro benzene ring substituents is 1. The van der Waals surface area contributed by atoms with E-state index in [9.17, 15) is 18.9 Å². The van der Waals surface area contributed by atoms with E-state index in [1.807, 2.05) is 0 Å². The van der Waals surface area contributed by atoms with Crippen molar-refractivity contribution < 1.29 is 18.4 Å². The molecule has 5 nitrogen and oxygen atoms in total. The van der Waals surface area contributed by atoms with Crippen molar-refractivity contribution >= 4 is 5.69 Å². The summed E-state index contributed by atoms with van der Waals surface area (Å²) in [6.07, 6.45) is 0. The number of nitrogens with zero attached hydrogens (tertiary/aromatic N) is 1. The third-order valence-electron chi connectivity index (χ3n) is 2.82. The second kappa shape index (κ2) is 5.84. The first-order chi connectivity index (χ1) is 9.90. The van der Waals surface area contributed by atoms with E-state index in [0.717, 1.165) is 12.1 Å². The Morgan fingerprint density at radius 1 is 1.24 bits per heavy atom. The molecule has 110 valence electrons. The highest BCUT2D eigenvalue weighted by Gasteiger charge is 2.17. The van der Waals surface area contributed by atoms with E-state index in [1.165, 1.54) is 18.2 Å². The number of halogens is 2. The summed E-state index contributed by atoms with van der Waals surface area (Å²) in [5.41, 5.74) is 5.45. The second-order valence-electron chi connectivity index (χ2n) is 4.42. The fraction of sp³-hybridized carbons (Fsp3) is 0.143. The van der Waals surface area contributed by atoms with Crippen LogP contribution >= 0.6 is 0 Å². The lowest BCUT2D eigenvalue weighted by molar-refractivity contribution is -0.387. The lowest BCUT2D eigenvalue weighted by Gasteiger charge is -2.14. The number of ether oxygens (including phenoxy) is 1. The van der Waals surface area contributed by atoms with Crippen molar-refractivity contribution in [3.63, 3.8) is 0 Å². The van der Waals surface area contributed by atoms with E-state index in [-0.39, 0.29) is 11.5 Å². The van der Waals surface area contributed by atoms with Crippen molar-refractivity contribution in [2.75, 3.05) is 0 Å². The van der Waals surface area contributed by atoms with Gasteiger partial charge in [0.2, 0.25) is 5.82 Å². The first-order valence-corrected chi connectivity index (χ1v) is 6.06. The molecule has 2 N–H and O–H groups in total. The second-order valence-corrected chi connectivity index (χ2v) is 4.42. The largest absolute Gasteiger partial charge is 0.454 e. The van der Waals surface area contributed by atoms with Crippen molar-refractivity contribution in [2.24, 2.45) is 5.73 Å². The van der Waals surface area contributed by atoms with Crippen LogP contribution in [-0.2, 0) is 0 Å². The van der Waals surface area contributed by atoms with E-state index in [0.29, 0.717) is 5.56 Å². The van der Waals surface area contributed by atoms with Gasteiger partial charge >= 0.3 is 5.69 Å². The third-order valence-corrected chi connectivity index (χ3v) is 2.82. The molecule has 0 radical (unpaired) electrons. The van der Waals surface area contributed by atoms with Crippen LogP contribution in [-0.4, -0.2) is 4.92 Å². The molecule has 2 aromatic rings. The average molecular weight is 294 g/mol. The summed E-state index contributed by atoms with van der Waals surface area (Å²) < 4.78 is 32.6. The van der Waals surface area contributed by atoms with Crippen LogP contribution in [0.5, 0.6) is 11.5 Å². The molecule has 7 heteroatoms. The topological polar surface area (TPSA) is 78.4 Å². The van der Waals surface area contributed by atoms with Crippen molar-refractivity contribution in [3.8, 4) is 11.5 Å². The van der Waals surface area contributed by atoms with Gasteiger partial charge in [-0.05, 0) is 19.1 Å². The molecular weight excluding hydrogens is 282 g/mol. The number of benzene rings is 2. The molecule has 1 atom stereocenters. The molecule has 2 aromatic carbocycles. The van der Waals surface area contributed by atoms with E-state index in [2.05, 4.69) is 0 Å². The molecule has 0 spiro atoms. The minimum Gasteiger partial charge on any atom is -0.454 e. The molecule has 2 rings (SSSR count). The lowest BCUT2D eigenvalue weighted by Crippen LogP contribution is -2.07. The van der Waals surface area contributed by atoms with Crippen LogP contribution in [0.25, 0.3) is 0 Å². The van der Waals surface area contributed by atoms with Gasteiger partial charge in [0.15, 0.2) is 11.6 Å². The predicted octanol–water partition coefficient (Wildman–Crippen LogP) is 3.69. The maximum absolute atomic E-state index is 13.8. The van der Waals surface area contributed by atoms with Crippen LogP contribution in [0.15, 0.2) is 36.4 Å². The van der Waals surface area contributed by atoms with E-state index in [1.54, 1.807) is 13.0 Å². The molecule has 0 saturated carbocycles. The molecule has 21 heavy (non-hydrogen) atoms. The zero-order chi connectivity index (χ0) is 15.6. The Morgan fingerprint density at radius 3 is 2.52 bits per heavy atom. The van der Waals surface area contributed by atoms with Crippen molar-refractivity contribution in [1.29, 1.82) is 0 Å². The number of nitro groups is 1. The Balaban J connectivity index is 2.39. The Kier molecular flexibility index (Phi) is 4.13. The first-order valence-electron chi connectivity index (χ1n) is 6.06. The van der Waals surface area contributed by atoms with E-state index >= 15 is 0 Å². The Bertz CT molecular complexity index is 690. The highest BCUT2D eigenvalue weighted by Crippen LogP contribution is 2.33. The molecule has 0 aromatic heterocycles. The minimum atomic E-state index is -1.06. The molecule has 0 fully saturated rings. The number of hydrogen-bond acceptors (Lipinski definition) is 4. The van der Waals surface area contributed by atoms with Gasteiger partial charge in [-0.3, -0.25) is 10.1 Å². The summed E-state index contributed by atoms with van der Waals surface area (Å²) in [6.45, 7) is 1.65. The predicted molar refractivity (Wildman–Crippen MR) is 72.1 cm³/mol. The van der Waals surface area contributed by atoms with E-state index in [4.69, 9.17) is 10.5 Å². The molecule has 0 unspecified atom stereocenters. The smallest absolute Gasteiger partial charge is 0.305 e. The quantitative estimate of drug-likeness (QED) is 0.689. The normalized spacial score (nSPS) is 12.0. The summed E-state index contributed by atoms with van der Waals surface area (Å²) >= 11 is 0. The fourth-order valence-corrected chi connectivity index (χ4v) is 1.81. The summed E-state index contributed by atoms with van der Waals surface area (Å²) in [4.78, 5) is 9.69. The maximum Gasteiger partial charge on any atom is 0.305 e. The minimum absolute atomic E-state index is 0.0508. The van der Waals surface area contributed by atoms with Gasteiger partial charge in [-0.25, -0.2) is 4.39 Å². The molecule has 0 aliphatic heterocycles. The van der Waals surface area contributed by atoms with Crippen LogP contribution in [0.4, 0.5) is 14.5 Å². The first kappa shape index (κ1) is 14.9. The Morgan fingerprint density at radius 2 is 1.95 bits per heavy atom. The number of nitrogens with two attached hydrogens (primary N) is 1. The molecule has 0 aliphatic rings. The molecule has 0 bridgehead atoms. The van der Waals surface area contributed by atoms with Crippen molar-refractivity contribution in [3.05, 3.63) is 63.7 Å². The highest BCUT2D eigenvalue weighted by atomic mass is 19.1. The number of hydrogen-bond donors (Lipinski definition) is 1. The van der Waals surface area contributed by atoms with Crippen LogP contribution < -0.4 is 10.5 Å². The molecule has 0 amide bonds. The van der Waals surface area contributed by atoms with Gasteiger partial charge in [0.05, 0.1) is 4.92 Å². The zero-order valence-electron chi connectivity index (χ0n) is 11.0. The molecule has 0 aliphatic carbocycles. The summed E-state index contributed by atoms with van der Waals surface area (Å²) in [6, 6.07) is 6.75. The fourth-order valence-electron chi connectivity index (χ4n) is 1.81. The summed E-state index contributed by atoms with van der Waals surface area (Å²) in [5, 5.41) is 10.5. The summed E-state index contributed by atoms with van der Waals surface area (Å²) in [5.74, 6) is -1.88. The highest BCUT2D eigenvalue weighted by molar-refractivity contribution is 5.43. The van der Waals surface area contributed by atoms with Gasteiger partial charge in [-0.15, -0.1) is 0 Å². The van der Waals surface area contributed by atoms with Crippen molar-refractivity contribution in [1.82, 2.24) is 0 Å². The van der Waals surface area contributed by atoms with E-state index < -0.39 is 28.3 Å². The van der Waals surface area contributed by atoms with Crippen molar-refractivity contribution in [2.45, 2.75) is 13.0 Å². The number of para-hydroxylation sites is 1. The van der Waals surface area contributed by atoms with Crippen LogP contribution in [0.2, 0.25) is 0 Å². The van der Waals surface area contributed by atoms with Crippen LogP contribution in [0.1, 0.15) is 18.5 Å². The molecule has 0 heterocycles. The third kappa shape index (κ3) is 3.14. The SMILES string of the molecule is C[C@H](N)c1cccc(F)c1Oc1ccc([N+](=O)[O-])c(F)c1. The lowest BCUT2D eigenvalue weighted by atomic mass is 10.1. The average Bonchev–Trinajstić information content (AvgIpc) is 2.40. The monoisotopic (exact) mass is 294 g/mol. The summed E-state index contributed by atoms with van der Waals surface area (Å²) in [7, 11) is 0. The van der Waals surface area contributed by atoms with Crippen LogP contribution in [0.3, 0.4) is 0 Å². The van der Waals surface area contributed by atoms with Gasteiger partial charge in [0.25, 0.3) is 0 Å². The Hall–Kier alpha value is -2.54. The molecular formula is C14H12F2N2O3. The molecule has 0 saturated heterocycles. The van der Waals surface area contributed by atoms with Gasteiger partial charge in [0, 0.05) is 23.7 Å². The standard InChI is InChI=1S/C14H12F2N2O3/c1-8(17)10-3-2-4-11(15)14(10)21-9-5-6-13(18(19)20)12(16)7-9/h2-8H,17H2,1H3/t8-/m0/s1.